The second-order valence-corrected chi connectivity index (χ2v) is 7.87. The van der Waals surface area contributed by atoms with Gasteiger partial charge >= 0.3 is 0 Å². The van der Waals surface area contributed by atoms with Crippen molar-refractivity contribution in [1.82, 2.24) is 10.2 Å². The van der Waals surface area contributed by atoms with Gasteiger partial charge in [0.15, 0.2) is 22.4 Å². The van der Waals surface area contributed by atoms with Gasteiger partial charge in [0.1, 0.15) is 6.61 Å². The van der Waals surface area contributed by atoms with E-state index < -0.39 is 0 Å². The number of ketones is 1. The molecule has 0 saturated heterocycles. The highest BCUT2D eigenvalue weighted by molar-refractivity contribution is 7.80. The number of Topliss-reactive ketones (excluding diaryl/α,β-unsaturated/α-hetero) is 1. The minimum atomic E-state index is -0.337. The number of rotatable bonds is 7. The zero-order valence-electron chi connectivity index (χ0n) is 17.5. The molecule has 158 valence electrons. The molecule has 0 aliphatic carbocycles. The number of benzene rings is 2. The van der Waals surface area contributed by atoms with Gasteiger partial charge in [-0.1, -0.05) is 29.8 Å². The van der Waals surface area contributed by atoms with E-state index >= 15 is 0 Å². The molecule has 1 unspecified atom stereocenters. The number of ether oxygens (including phenoxy) is 2. The van der Waals surface area contributed by atoms with Crippen LogP contribution >= 0.6 is 23.8 Å². The van der Waals surface area contributed by atoms with Crippen molar-refractivity contribution in [2.75, 3.05) is 13.7 Å². The number of nitrogens with one attached hydrogen (secondary N) is 1. The van der Waals surface area contributed by atoms with Crippen LogP contribution in [0.15, 0.2) is 53.7 Å². The summed E-state index contributed by atoms with van der Waals surface area (Å²) in [6.07, 6.45) is 0. The van der Waals surface area contributed by atoms with Gasteiger partial charge in [0.25, 0.3) is 0 Å². The third kappa shape index (κ3) is 4.77. The molecule has 1 N–H and O–H groups in total. The van der Waals surface area contributed by atoms with E-state index in [2.05, 4.69) is 5.32 Å². The van der Waals surface area contributed by atoms with E-state index in [1.165, 1.54) is 0 Å². The summed E-state index contributed by atoms with van der Waals surface area (Å²) in [5.74, 6) is 1.26. The Labute approximate surface area is 187 Å². The Morgan fingerprint density at radius 1 is 1.17 bits per heavy atom. The molecule has 2 aromatic carbocycles. The predicted octanol–water partition coefficient (Wildman–Crippen LogP) is 5.04. The molecule has 0 amide bonds. The van der Waals surface area contributed by atoms with Crippen LogP contribution in [0.4, 0.5) is 0 Å². The minimum Gasteiger partial charge on any atom is -0.490 e. The lowest BCUT2D eigenvalue weighted by atomic mass is 9.92. The molecule has 1 aliphatic heterocycles. The topological polar surface area (TPSA) is 50.8 Å². The number of nitrogens with zero attached hydrogens (tertiary/aromatic N) is 1. The smallest absolute Gasteiger partial charge is 0.173 e. The van der Waals surface area contributed by atoms with Crippen LogP contribution in [-0.4, -0.2) is 29.5 Å². The zero-order chi connectivity index (χ0) is 21.8. The first kappa shape index (κ1) is 22.1. The summed E-state index contributed by atoms with van der Waals surface area (Å²) in [6, 6.07) is 12.9. The Balaban J connectivity index is 1.91. The number of hydrogen-bond donors (Lipinski definition) is 1. The number of halogens is 1. The third-order valence-electron chi connectivity index (χ3n) is 5.04. The second-order valence-electron chi connectivity index (χ2n) is 7.05. The lowest BCUT2D eigenvalue weighted by Crippen LogP contribution is -2.45. The number of thiocarbonyl (C=S) groups is 1. The van der Waals surface area contributed by atoms with Gasteiger partial charge in [-0.2, -0.15) is 0 Å². The van der Waals surface area contributed by atoms with Gasteiger partial charge in [0, 0.05) is 23.3 Å². The Kier molecular flexibility index (Phi) is 7.00. The molecule has 2 aromatic rings. The number of carbonyl (C=O) groups is 1. The largest absolute Gasteiger partial charge is 0.490 e. The highest BCUT2D eigenvalue weighted by atomic mass is 35.5. The van der Waals surface area contributed by atoms with Gasteiger partial charge in [-0.3, -0.25) is 4.79 Å². The van der Waals surface area contributed by atoms with Crippen molar-refractivity contribution in [2.24, 2.45) is 0 Å². The van der Waals surface area contributed by atoms with E-state index in [0.717, 1.165) is 16.8 Å². The van der Waals surface area contributed by atoms with Gasteiger partial charge in [-0.25, -0.2) is 0 Å². The molecule has 1 atom stereocenters. The lowest BCUT2D eigenvalue weighted by molar-refractivity contribution is -0.114. The highest BCUT2D eigenvalue weighted by Gasteiger charge is 2.31. The van der Waals surface area contributed by atoms with Gasteiger partial charge in [0.05, 0.1) is 12.6 Å². The number of carbonyl (C=O) groups excluding carboxylic acids is 1. The van der Waals surface area contributed by atoms with E-state index in [1.54, 1.807) is 6.92 Å². The molecule has 0 aromatic heterocycles. The molecule has 1 heterocycles. The van der Waals surface area contributed by atoms with E-state index in [4.69, 9.17) is 33.3 Å². The van der Waals surface area contributed by atoms with Crippen LogP contribution in [0, 0.1) is 0 Å². The van der Waals surface area contributed by atoms with Crippen LogP contribution in [-0.2, 0) is 11.4 Å². The molecule has 0 spiro atoms. The van der Waals surface area contributed by atoms with Gasteiger partial charge in [0.2, 0.25) is 0 Å². The number of hydrogen-bond acceptors (Lipinski definition) is 4. The maximum Gasteiger partial charge on any atom is 0.173 e. The van der Waals surface area contributed by atoms with E-state index in [1.807, 2.05) is 68.3 Å². The van der Waals surface area contributed by atoms with Crippen LogP contribution in [0.5, 0.6) is 11.5 Å². The van der Waals surface area contributed by atoms with Gasteiger partial charge in [-0.05, 0) is 68.4 Å². The second kappa shape index (κ2) is 9.49. The minimum absolute atomic E-state index is 0.000347. The molecule has 0 fully saturated rings. The fourth-order valence-corrected chi connectivity index (χ4v) is 3.76. The first-order chi connectivity index (χ1) is 14.3. The Morgan fingerprint density at radius 2 is 1.87 bits per heavy atom. The maximum absolute atomic E-state index is 12.4. The first-order valence-corrected chi connectivity index (χ1v) is 10.5. The molecule has 3 rings (SSSR count). The quantitative estimate of drug-likeness (QED) is 0.603. The van der Waals surface area contributed by atoms with E-state index in [-0.39, 0.29) is 11.8 Å². The highest BCUT2D eigenvalue weighted by Crippen LogP contribution is 2.36. The van der Waals surface area contributed by atoms with Crippen LogP contribution in [0.1, 0.15) is 37.9 Å². The Bertz CT molecular complexity index is 988. The molecule has 0 radical (unpaired) electrons. The molecule has 30 heavy (non-hydrogen) atoms. The summed E-state index contributed by atoms with van der Waals surface area (Å²) < 4.78 is 11.8. The summed E-state index contributed by atoms with van der Waals surface area (Å²) in [5.41, 5.74) is 3.42. The van der Waals surface area contributed by atoms with Crippen LogP contribution < -0.4 is 14.8 Å². The van der Waals surface area contributed by atoms with Gasteiger partial charge in [-0.15, -0.1) is 0 Å². The molecule has 1 aliphatic rings. The van der Waals surface area contributed by atoms with Crippen LogP contribution in [0.2, 0.25) is 5.02 Å². The van der Waals surface area contributed by atoms with Crippen molar-refractivity contribution in [2.45, 2.75) is 33.4 Å². The molecule has 0 bridgehead atoms. The normalized spacial score (nSPS) is 16.4. The molecule has 5 nitrogen and oxygen atoms in total. The van der Waals surface area contributed by atoms with Crippen molar-refractivity contribution in [1.29, 1.82) is 0 Å². The molecular weight excluding hydrogens is 420 g/mol. The molecular formula is C23H25ClN2O3S. The van der Waals surface area contributed by atoms with Gasteiger partial charge < -0.3 is 19.7 Å². The Morgan fingerprint density at radius 3 is 2.50 bits per heavy atom. The SMILES string of the molecule is CCOc1cc(C2NC(=S)N(C)C(C)=C2C(C)=O)ccc1OCc1ccc(Cl)cc1. The van der Waals surface area contributed by atoms with E-state index in [9.17, 15) is 4.79 Å². The number of allylic oxidation sites excluding steroid dienone is 1. The van der Waals surface area contributed by atoms with Crippen LogP contribution in [0.25, 0.3) is 0 Å². The lowest BCUT2D eigenvalue weighted by Gasteiger charge is -2.35. The standard InChI is InChI=1S/C23H25ClN2O3S/c1-5-28-20-12-17(22-21(15(3)27)14(2)26(4)23(30)25-22)8-11-19(20)29-13-16-6-9-18(24)10-7-16/h6-12,22H,5,13H2,1-4H3,(H,25,30). The fraction of sp³-hybridized carbons (Fsp3) is 0.304. The summed E-state index contributed by atoms with van der Waals surface area (Å²) in [5, 5.41) is 4.53. The zero-order valence-corrected chi connectivity index (χ0v) is 19.1. The van der Waals surface area contributed by atoms with Crippen molar-refractivity contribution >= 4 is 34.7 Å². The van der Waals surface area contributed by atoms with Crippen molar-refractivity contribution < 1.29 is 14.3 Å². The fourth-order valence-electron chi connectivity index (χ4n) is 3.38. The monoisotopic (exact) mass is 444 g/mol. The summed E-state index contributed by atoms with van der Waals surface area (Å²) in [4.78, 5) is 14.2. The average molecular weight is 445 g/mol. The van der Waals surface area contributed by atoms with Crippen molar-refractivity contribution in [3.63, 3.8) is 0 Å². The third-order valence-corrected chi connectivity index (χ3v) is 5.69. The molecule has 7 heteroatoms. The molecule has 0 saturated carbocycles. The summed E-state index contributed by atoms with van der Waals surface area (Å²) in [6.45, 7) is 6.29. The maximum atomic E-state index is 12.4. The average Bonchev–Trinajstić information content (AvgIpc) is 2.72. The van der Waals surface area contributed by atoms with Crippen LogP contribution in [0.3, 0.4) is 0 Å². The Hall–Kier alpha value is -2.57. The van der Waals surface area contributed by atoms with Crippen molar-refractivity contribution in [3.8, 4) is 11.5 Å². The first-order valence-electron chi connectivity index (χ1n) is 9.71. The summed E-state index contributed by atoms with van der Waals surface area (Å²) >= 11 is 11.4. The predicted molar refractivity (Wildman–Crippen MR) is 123 cm³/mol. The van der Waals surface area contributed by atoms with Crippen molar-refractivity contribution in [3.05, 3.63) is 69.9 Å². The van der Waals surface area contributed by atoms with E-state index in [0.29, 0.717) is 40.4 Å². The summed E-state index contributed by atoms with van der Waals surface area (Å²) in [7, 11) is 1.85.